The van der Waals surface area contributed by atoms with E-state index in [1.54, 1.807) is 25.3 Å². The minimum atomic E-state index is -0.854. The number of nitrogens with one attached hydrogen (secondary N) is 1. The summed E-state index contributed by atoms with van der Waals surface area (Å²) in [6.07, 6.45) is 2.90. The molecular weight excluding hydrogens is 260 g/mol. The van der Waals surface area contributed by atoms with Gasteiger partial charge in [0.2, 0.25) is 0 Å². The first-order chi connectivity index (χ1) is 9.60. The number of hydrogen-bond donors (Lipinski definition) is 2. The Morgan fingerprint density at radius 2 is 2.20 bits per heavy atom. The van der Waals surface area contributed by atoms with Crippen LogP contribution in [0.4, 0.5) is 5.82 Å². The first-order valence-electron chi connectivity index (χ1n) is 6.68. The van der Waals surface area contributed by atoms with E-state index in [1.807, 2.05) is 6.92 Å². The second kappa shape index (κ2) is 8.14. The number of carboxylic acid groups (broad SMARTS) is 1. The van der Waals surface area contributed by atoms with Crippen molar-refractivity contribution in [1.82, 2.24) is 4.98 Å². The molecule has 1 aromatic rings. The molecule has 1 unspecified atom stereocenters. The lowest BCUT2D eigenvalue weighted by molar-refractivity contribution is -0.141. The zero-order valence-electron chi connectivity index (χ0n) is 11.8. The van der Waals surface area contributed by atoms with E-state index in [2.05, 4.69) is 10.3 Å². The zero-order valence-corrected chi connectivity index (χ0v) is 11.8. The van der Waals surface area contributed by atoms with Crippen LogP contribution < -0.4 is 5.32 Å². The summed E-state index contributed by atoms with van der Waals surface area (Å²) in [6, 6.07) is 3.24. The Balaban J connectivity index is 2.76. The van der Waals surface area contributed by atoms with Crippen molar-refractivity contribution in [2.24, 2.45) is 5.92 Å². The molecule has 0 aliphatic rings. The minimum Gasteiger partial charge on any atom is -0.481 e. The number of nitrogens with zero attached hydrogens (tertiary/aromatic N) is 1. The van der Waals surface area contributed by atoms with Gasteiger partial charge in [0.15, 0.2) is 0 Å². The lowest BCUT2D eigenvalue weighted by Gasteiger charge is -2.14. The summed E-state index contributed by atoms with van der Waals surface area (Å²) in [6.45, 7) is 4.16. The van der Waals surface area contributed by atoms with Crippen LogP contribution in [0.5, 0.6) is 0 Å². The summed E-state index contributed by atoms with van der Waals surface area (Å²) >= 11 is 0. The number of pyridine rings is 1. The smallest absolute Gasteiger partial charge is 0.341 e. The van der Waals surface area contributed by atoms with Gasteiger partial charge in [-0.05, 0) is 25.5 Å². The molecule has 0 fully saturated rings. The normalized spacial score (nSPS) is 11.7. The lowest BCUT2D eigenvalue weighted by Crippen LogP contribution is -2.24. The Hall–Kier alpha value is -2.11. The maximum atomic E-state index is 11.8. The predicted octanol–water partition coefficient (Wildman–Crippen LogP) is 2.17. The van der Waals surface area contributed by atoms with Crippen LogP contribution in [-0.2, 0) is 9.53 Å². The number of aliphatic carboxylic acids is 1. The van der Waals surface area contributed by atoms with Crippen LogP contribution in [0.1, 0.15) is 37.0 Å². The zero-order chi connectivity index (χ0) is 15.0. The number of carbonyl (C=O) groups is 2. The van der Waals surface area contributed by atoms with Crippen LogP contribution in [0.15, 0.2) is 18.3 Å². The van der Waals surface area contributed by atoms with Crippen molar-refractivity contribution in [3.63, 3.8) is 0 Å². The fourth-order valence-electron chi connectivity index (χ4n) is 1.80. The van der Waals surface area contributed by atoms with Gasteiger partial charge in [-0.1, -0.05) is 13.3 Å². The van der Waals surface area contributed by atoms with E-state index in [4.69, 9.17) is 9.84 Å². The van der Waals surface area contributed by atoms with Gasteiger partial charge in [0, 0.05) is 12.7 Å². The molecule has 0 radical (unpaired) electrons. The average molecular weight is 280 g/mol. The van der Waals surface area contributed by atoms with Crippen molar-refractivity contribution in [1.29, 1.82) is 0 Å². The van der Waals surface area contributed by atoms with E-state index in [9.17, 15) is 9.59 Å². The van der Waals surface area contributed by atoms with Crippen molar-refractivity contribution in [2.75, 3.05) is 18.5 Å². The largest absolute Gasteiger partial charge is 0.481 e. The lowest BCUT2D eigenvalue weighted by atomic mass is 10.0. The van der Waals surface area contributed by atoms with Crippen LogP contribution in [-0.4, -0.2) is 35.2 Å². The van der Waals surface area contributed by atoms with Crippen LogP contribution in [0.25, 0.3) is 0 Å². The molecule has 20 heavy (non-hydrogen) atoms. The highest BCUT2D eigenvalue weighted by Gasteiger charge is 2.18. The van der Waals surface area contributed by atoms with Crippen molar-refractivity contribution >= 4 is 17.8 Å². The van der Waals surface area contributed by atoms with E-state index in [0.29, 0.717) is 17.8 Å². The fraction of sp³-hybridized carbons (Fsp3) is 0.500. The van der Waals surface area contributed by atoms with Crippen LogP contribution in [0.3, 0.4) is 0 Å². The third-order valence-electron chi connectivity index (χ3n) is 2.81. The minimum absolute atomic E-state index is 0.229. The van der Waals surface area contributed by atoms with Crippen LogP contribution in [0, 0.1) is 5.92 Å². The number of aromatic nitrogens is 1. The molecule has 6 nitrogen and oxygen atoms in total. The summed E-state index contributed by atoms with van der Waals surface area (Å²) in [5, 5.41) is 12.0. The maximum Gasteiger partial charge on any atom is 0.341 e. The molecule has 2 N–H and O–H groups in total. The van der Waals surface area contributed by atoms with Gasteiger partial charge in [-0.2, -0.15) is 0 Å². The molecule has 6 heteroatoms. The molecule has 0 aliphatic heterocycles. The van der Waals surface area contributed by atoms with Gasteiger partial charge in [0.25, 0.3) is 0 Å². The Morgan fingerprint density at radius 1 is 1.45 bits per heavy atom. The number of carboxylic acids is 1. The SMILES string of the molecule is CCCC(CNc1ncccc1C(=O)OCC)C(=O)O. The maximum absolute atomic E-state index is 11.8. The third kappa shape index (κ3) is 4.53. The Kier molecular flexibility index (Phi) is 6.49. The molecule has 0 spiro atoms. The van der Waals surface area contributed by atoms with Crippen LogP contribution in [0.2, 0.25) is 0 Å². The van der Waals surface area contributed by atoms with Crippen LogP contribution >= 0.6 is 0 Å². The Morgan fingerprint density at radius 3 is 2.80 bits per heavy atom. The van der Waals surface area contributed by atoms with Gasteiger partial charge in [-0.3, -0.25) is 4.79 Å². The molecule has 110 valence electrons. The van der Waals surface area contributed by atoms with Crippen molar-refractivity contribution < 1.29 is 19.4 Å². The summed E-state index contributed by atoms with van der Waals surface area (Å²) in [7, 11) is 0. The molecule has 0 saturated heterocycles. The number of rotatable bonds is 8. The molecular formula is C14H20N2O4. The van der Waals surface area contributed by atoms with Crippen molar-refractivity contribution in [3.8, 4) is 0 Å². The predicted molar refractivity (Wildman–Crippen MR) is 74.7 cm³/mol. The number of anilines is 1. The summed E-state index contributed by atoms with van der Waals surface area (Å²) in [5.41, 5.74) is 0.315. The quantitative estimate of drug-likeness (QED) is 0.709. The Bertz CT molecular complexity index is 462. The molecule has 0 amide bonds. The Labute approximate surface area is 118 Å². The summed E-state index contributed by atoms with van der Waals surface area (Å²) < 4.78 is 4.94. The molecule has 0 aliphatic carbocycles. The summed E-state index contributed by atoms with van der Waals surface area (Å²) in [4.78, 5) is 26.9. The third-order valence-corrected chi connectivity index (χ3v) is 2.81. The van der Waals surface area contributed by atoms with E-state index < -0.39 is 17.9 Å². The summed E-state index contributed by atoms with van der Waals surface area (Å²) in [5.74, 6) is -1.47. The molecule has 1 heterocycles. The van der Waals surface area contributed by atoms with E-state index in [-0.39, 0.29) is 13.2 Å². The molecule has 1 aromatic heterocycles. The fourth-order valence-corrected chi connectivity index (χ4v) is 1.80. The highest BCUT2D eigenvalue weighted by Crippen LogP contribution is 2.15. The highest BCUT2D eigenvalue weighted by molar-refractivity contribution is 5.94. The molecule has 1 rings (SSSR count). The number of hydrogen-bond acceptors (Lipinski definition) is 5. The van der Waals surface area contributed by atoms with E-state index in [1.165, 1.54) is 0 Å². The van der Waals surface area contributed by atoms with Gasteiger partial charge in [-0.25, -0.2) is 9.78 Å². The van der Waals surface area contributed by atoms with E-state index in [0.717, 1.165) is 6.42 Å². The van der Waals surface area contributed by atoms with Gasteiger partial charge >= 0.3 is 11.9 Å². The second-order valence-corrected chi connectivity index (χ2v) is 4.32. The van der Waals surface area contributed by atoms with E-state index >= 15 is 0 Å². The monoisotopic (exact) mass is 280 g/mol. The van der Waals surface area contributed by atoms with Gasteiger partial charge in [-0.15, -0.1) is 0 Å². The standard InChI is InChI=1S/C14H20N2O4/c1-3-6-10(13(17)18)9-16-12-11(7-5-8-15-12)14(19)20-4-2/h5,7-8,10H,3-4,6,9H2,1-2H3,(H,15,16)(H,17,18). The first kappa shape index (κ1) is 15.9. The topological polar surface area (TPSA) is 88.5 Å². The van der Waals surface area contributed by atoms with Gasteiger partial charge < -0.3 is 15.2 Å². The second-order valence-electron chi connectivity index (χ2n) is 4.32. The first-order valence-corrected chi connectivity index (χ1v) is 6.68. The molecule has 0 aromatic carbocycles. The van der Waals surface area contributed by atoms with Crippen molar-refractivity contribution in [3.05, 3.63) is 23.9 Å². The molecule has 1 atom stereocenters. The number of esters is 1. The number of ether oxygens (including phenoxy) is 1. The molecule has 0 bridgehead atoms. The number of carbonyl (C=O) groups excluding carboxylic acids is 1. The van der Waals surface area contributed by atoms with Gasteiger partial charge in [0.05, 0.1) is 12.5 Å². The van der Waals surface area contributed by atoms with Gasteiger partial charge in [0.1, 0.15) is 11.4 Å². The molecule has 0 saturated carbocycles. The van der Waals surface area contributed by atoms with Crippen molar-refractivity contribution in [2.45, 2.75) is 26.7 Å². The average Bonchev–Trinajstić information content (AvgIpc) is 2.43. The highest BCUT2D eigenvalue weighted by atomic mass is 16.5.